The van der Waals surface area contributed by atoms with Gasteiger partial charge in [-0.2, -0.15) is 0 Å². The van der Waals surface area contributed by atoms with Crippen molar-refractivity contribution in [2.24, 2.45) is 5.73 Å². The lowest BCUT2D eigenvalue weighted by atomic mass is 10.2. The zero-order valence-corrected chi connectivity index (χ0v) is 7.25. The minimum atomic E-state index is -1.02. The lowest BCUT2D eigenvalue weighted by Crippen LogP contribution is -2.32. The van der Waals surface area contributed by atoms with E-state index in [1.54, 1.807) is 16.8 Å². The van der Waals surface area contributed by atoms with Crippen LogP contribution in [0.15, 0.2) is 23.1 Å². The molecular weight excluding hydrogens is 186 g/mol. The van der Waals surface area contributed by atoms with Crippen molar-refractivity contribution in [1.29, 1.82) is 0 Å². The van der Waals surface area contributed by atoms with Gasteiger partial charge in [-0.1, -0.05) is 0 Å². The van der Waals surface area contributed by atoms with Gasteiger partial charge in [0.2, 0.25) is 0 Å². The van der Waals surface area contributed by atoms with E-state index in [4.69, 9.17) is 15.3 Å². The van der Waals surface area contributed by atoms with Crippen LogP contribution in [0.3, 0.4) is 0 Å². The van der Waals surface area contributed by atoms with Gasteiger partial charge in [0.15, 0.2) is 0 Å². The molecular formula is C8H9N3O3. The Labute approximate surface area is 79.0 Å². The SMILES string of the molecule is NC(Cc1cnc2occn12)C(=O)O. The number of carboxylic acids is 1. The Balaban J connectivity index is 2.27. The maximum Gasteiger partial charge on any atom is 0.320 e. The first-order valence-electron chi connectivity index (χ1n) is 4.06. The molecule has 2 aromatic rings. The van der Waals surface area contributed by atoms with Gasteiger partial charge in [0.25, 0.3) is 0 Å². The molecule has 0 radical (unpaired) electrons. The summed E-state index contributed by atoms with van der Waals surface area (Å²) in [5.41, 5.74) is 6.12. The zero-order chi connectivity index (χ0) is 10.1. The number of hydrogen-bond acceptors (Lipinski definition) is 4. The molecule has 2 aromatic heterocycles. The maximum absolute atomic E-state index is 10.5. The number of carboxylic acid groups (broad SMARTS) is 1. The van der Waals surface area contributed by atoms with Crippen LogP contribution in [0.2, 0.25) is 0 Å². The van der Waals surface area contributed by atoms with Crippen LogP contribution in [0.1, 0.15) is 5.69 Å². The number of fused-ring (bicyclic) bond motifs is 1. The number of nitrogens with zero attached hydrogens (tertiary/aromatic N) is 2. The van der Waals surface area contributed by atoms with Crippen molar-refractivity contribution in [3.8, 4) is 0 Å². The molecule has 0 aromatic carbocycles. The summed E-state index contributed by atoms with van der Waals surface area (Å²) in [6.07, 6.45) is 4.95. The van der Waals surface area contributed by atoms with Crippen molar-refractivity contribution in [1.82, 2.24) is 9.38 Å². The van der Waals surface area contributed by atoms with Crippen LogP contribution >= 0.6 is 0 Å². The zero-order valence-electron chi connectivity index (χ0n) is 7.25. The summed E-state index contributed by atoms with van der Waals surface area (Å²) in [5, 5.41) is 8.63. The monoisotopic (exact) mass is 195 g/mol. The van der Waals surface area contributed by atoms with E-state index in [0.717, 1.165) is 5.69 Å². The minimum absolute atomic E-state index is 0.232. The topological polar surface area (TPSA) is 93.8 Å². The number of oxazole rings is 1. The van der Waals surface area contributed by atoms with E-state index in [-0.39, 0.29) is 6.42 Å². The van der Waals surface area contributed by atoms with Gasteiger partial charge in [0.05, 0.1) is 6.20 Å². The van der Waals surface area contributed by atoms with E-state index in [0.29, 0.717) is 5.84 Å². The standard InChI is InChI=1S/C8H9N3O3/c9-6(7(12)13)3-5-4-10-8-11(5)1-2-14-8/h1-2,4,6H,3,9H2,(H,12,13). The van der Waals surface area contributed by atoms with E-state index in [1.807, 2.05) is 0 Å². The summed E-state index contributed by atoms with van der Waals surface area (Å²) in [7, 11) is 0. The van der Waals surface area contributed by atoms with Gasteiger partial charge in [-0.15, -0.1) is 0 Å². The van der Waals surface area contributed by atoms with Crippen LogP contribution in [0, 0.1) is 0 Å². The Morgan fingerprint density at radius 1 is 1.79 bits per heavy atom. The molecule has 0 aliphatic carbocycles. The lowest BCUT2D eigenvalue weighted by Gasteiger charge is -2.03. The van der Waals surface area contributed by atoms with Crippen LogP contribution in [0.25, 0.3) is 5.84 Å². The molecule has 1 atom stereocenters. The normalized spacial score (nSPS) is 13.2. The maximum atomic E-state index is 10.5. The molecule has 0 saturated carbocycles. The average Bonchev–Trinajstić information content (AvgIpc) is 2.69. The summed E-state index contributed by atoms with van der Waals surface area (Å²) in [4.78, 5) is 14.5. The molecule has 2 heterocycles. The van der Waals surface area contributed by atoms with Crippen molar-refractivity contribution >= 4 is 11.8 Å². The minimum Gasteiger partial charge on any atom is -0.480 e. The van der Waals surface area contributed by atoms with E-state index in [2.05, 4.69) is 4.98 Å². The van der Waals surface area contributed by atoms with E-state index >= 15 is 0 Å². The summed E-state index contributed by atoms with van der Waals surface area (Å²) in [5.74, 6) is -0.582. The van der Waals surface area contributed by atoms with Crippen molar-refractivity contribution in [3.63, 3.8) is 0 Å². The molecule has 14 heavy (non-hydrogen) atoms. The van der Waals surface area contributed by atoms with Crippen LogP contribution < -0.4 is 5.73 Å². The second-order valence-electron chi connectivity index (χ2n) is 2.95. The van der Waals surface area contributed by atoms with Gasteiger partial charge in [-0.25, -0.2) is 4.98 Å². The largest absolute Gasteiger partial charge is 0.480 e. The van der Waals surface area contributed by atoms with Crippen molar-refractivity contribution < 1.29 is 14.3 Å². The molecule has 0 saturated heterocycles. The number of imidazole rings is 1. The first-order chi connectivity index (χ1) is 6.68. The molecule has 3 N–H and O–H groups in total. The molecule has 0 amide bonds. The van der Waals surface area contributed by atoms with Gasteiger partial charge >= 0.3 is 11.8 Å². The summed E-state index contributed by atoms with van der Waals surface area (Å²) in [6, 6.07) is -0.912. The van der Waals surface area contributed by atoms with Gasteiger partial charge in [-0.05, 0) is 0 Å². The number of aliphatic carboxylic acids is 1. The Kier molecular flexibility index (Phi) is 1.97. The quantitative estimate of drug-likeness (QED) is 0.712. The Bertz CT molecular complexity index is 459. The second-order valence-corrected chi connectivity index (χ2v) is 2.95. The molecule has 0 aliphatic heterocycles. The highest BCUT2D eigenvalue weighted by Crippen LogP contribution is 2.08. The summed E-state index contributed by atoms with van der Waals surface area (Å²) in [6.45, 7) is 0. The fourth-order valence-corrected chi connectivity index (χ4v) is 1.24. The van der Waals surface area contributed by atoms with E-state index < -0.39 is 12.0 Å². The fraction of sp³-hybridized carbons (Fsp3) is 0.250. The second kappa shape index (κ2) is 3.15. The highest BCUT2D eigenvalue weighted by Gasteiger charge is 2.15. The van der Waals surface area contributed by atoms with Crippen LogP contribution in [0.4, 0.5) is 0 Å². The van der Waals surface area contributed by atoms with Gasteiger partial charge in [0, 0.05) is 18.3 Å². The fourth-order valence-electron chi connectivity index (χ4n) is 1.24. The molecule has 0 fully saturated rings. The summed E-state index contributed by atoms with van der Waals surface area (Å²) >= 11 is 0. The average molecular weight is 195 g/mol. The van der Waals surface area contributed by atoms with Crippen molar-refractivity contribution in [2.75, 3.05) is 0 Å². The number of carbonyl (C=O) groups is 1. The van der Waals surface area contributed by atoms with Crippen LogP contribution in [-0.4, -0.2) is 26.5 Å². The van der Waals surface area contributed by atoms with Crippen LogP contribution in [0.5, 0.6) is 0 Å². The Morgan fingerprint density at radius 3 is 3.29 bits per heavy atom. The predicted octanol–water partition coefficient (Wildman–Crippen LogP) is -0.118. The van der Waals surface area contributed by atoms with Gasteiger partial charge in [-0.3, -0.25) is 9.20 Å². The number of rotatable bonds is 3. The van der Waals surface area contributed by atoms with Crippen molar-refractivity contribution in [3.05, 3.63) is 24.4 Å². The number of nitrogens with two attached hydrogens (primary N) is 1. The summed E-state index contributed by atoms with van der Waals surface area (Å²) < 4.78 is 6.67. The van der Waals surface area contributed by atoms with Gasteiger partial charge < -0.3 is 15.3 Å². The molecule has 2 rings (SSSR count). The third-order valence-corrected chi connectivity index (χ3v) is 1.97. The van der Waals surface area contributed by atoms with Gasteiger partial charge in [0.1, 0.15) is 12.3 Å². The predicted molar refractivity (Wildman–Crippen MR) is 46.8 cm³/mol. The molecule has 0 bridgehead atoms. The first kappa shape index (κ1) is 8.76. The highest BCUT2D eigenvalue weighted by atomic mass is 16.4. The number of hydrogen-bond donors (Lipinski definition) is 2. The lowest BCUT2D eigenvalue weighted by molar-refractivity contribution is -0.138. The molecule has 0 aliphatic rings. The molecule has 6 heteroatoms. The smallest absolute Gasteiger partial charge is 0.320 e. The third kappa shape index (κ3) is 1.35. The highest BCUT2D eigenvalue weighted by molar-refractivity contribution is 5.73. The molecule has 74 valence electrons. The number of aromatic nitrogens is 2. The van der Waals surface area contributed by atoms with E-state index in [9.17, 15) is 4.79 Å². The molecule has 1 unspecified atom stereocenters. The Morgan fingerprint density at radius 2 is 2.57 bits per heavy atom. The van der Waals surface area contributed by atoms with Crippen LogP contribution in [-0.2, 0) is 11.2 Å². The third-order valence-electron chi connectivity index (χ3n) is 1.97. The Hall–Kier alpha value is -1.82. The molecule has 6 nitrogen and oxygen atoms in total. The first-order valence-corrected chi connectivity index (χ1v) is 4.06. The van der Waals surface area contributed by atoms with E-state index in [1.165, 1.54) is 6.26 Å². The van der Waals surface area contributed by atoms with Crippen molar-refractivity contribution in [2.45, 2.75) is 12.5 Å². The molecule has 0 spiro atoms.